The van der Waals surface area contributed by atoms with Gasteiger partial charge in [-0.25, -0.2) is 0 Å². The van der Waals surface area contributed by atoms with E-state index in [0.717, 1.165) is 60.0 Å². The van der Waals surface area contributed by atoms with Gasteiger partial charge in [0.2, 0.25) is 0 Å². The highest BCUT2D eigenvalue weighted by Gasteiger charge is 2.51. The quantitative estimate of drug-likeness (QED) is 0.600. The Labute approximate surface area is 193 Å². The van der Waals surface area contributed by atoms with Crippen LogP contribution in [0.3, 0.4) is 0 Å². The SMILES string of the molecule is CN(C)C(=O)c1ccc(-c2ccc(C3(c4nnc5n4CCSC(C)(C)C5)CC3)nc2)cc1. The average molecular weight is 448 g/mol. The number of aromatic nitrogens is 4. The van der Waals surface area contributed by atoms with Crippen LogP contribution < -0.4 is 0 Å². The molecule has 0 spiro atoms. The molecule has 3 aromatic rings. The van der Waals surface area contributed by atoms with E-state index in [9.17, 15) is 4.79 Å². The van der Waals surface area contributed by atoms with E-state index in [1.807, 2.05) is 42.2 Å². The molecule has 2 aliphatic rings. The highest BCUT2D eigenvalue weighted by Crippen LogP contribution is 2.52. The first kappa shape index (κ1) is 21.2. The molecule has 2 aromatic heterocycles. The minimum absolute atomic E-state index is 0.00919. The predicted octanol–water partition coefficient (Wildman–Crippen LogP) is 4.19. The van der Waals surface area contributed by atoms with Gasteiger partial charge in [0.15, 0.2) is 0 Å². The van der Waals surface area contributed by atoms with Crippen molar-refractivity contribution in [3.8, 4) is 11.1 Å². The second kappa shape index (κ2) is 7.73. The second-order valence-corrected chi connectivity index (χ2v) is 11.5. The smallest absolute Gasteiger partial charge is 0.253 e. The Hall–Kier alpha value is -2.67. The molecule has 1 amide bonds. The van der Waals surface area contributed by atoms with Crippen molar-refractivity contribution in [1.82, 2.24) is 24.6 Å². The van der Waals surface area contributed by atoms with Gasteiger partial charge in [-0.05, 0) is 36.6 Å². The van der Waals surface area contributed by atoms with E-state index in [-0.39, 0.29) is 16.1 Å². The van der Waals surface area contributed by atoms with E-state index in [1.165, 1.54) is 0 Å². The van der Waals surface area contributed by atoms with Gasteiger partial charge < -0.3 is 9.47 Å². The third kappa shape index (κ3) is 3.72. The number of thioether (sulfide) groups is 1. The minimum Gasteiger partial charge on any atom is -0.345 e. The molecule has 0 saturated heterocycles. The lowest BCUT2D eigenvalue weighted by Gasteiger charge is -2.19. The zero-order chi connectivity index (χ0) is 22.5. The zero-order valence-corrected chi connectivity index (χ0v) is 19.9. The predicted molar refractivity (Wildman–Crippen MR) is 128 cm³/mol. The summed E-state index contributed by atoms with van der Waals surface area (Å²) in [5, 5.41) is 9.25. The molecule has 166 valence electrons. The van der Waals surface area contributed by atoms with E-state index in [4.69, 9.17) is 4.98 Å². The lowest BCUT2D eigenvalue weighted by molar-refractivity contribution is 0.0827. The molecule has 0 N–H and O–H groups in total. The normalized spacial score (nSPS) is 18.5. The molecule has 1 aromatic carbocycles. The summed E-state index contributed by atoms with van der Waals surface area (Å²) in [7, 11) is 3.53. The van der Waals surface area contributed by atoms with Crippen molar-refractivity contribution in [2.24, 2.45) is 0 Å². The van der Waals surface area contributed by atoms with Gasteiger partial charge in [-0.2, -0.15) is 11.8 Å². The maximum atomic E-state index is 12.1. The second-order valence-electron chi connectivity index (χ2n) is 9.67. The molecule has 32 heavy (non-hydrogen) atoms. The number of amides is 1. The van der Waals surface area contributed by atoms with Crippen LogP contribution in [0.5, 0.6) is 0 Å². The number of pyridine rings is 1. The van der Waals surface area contributed by atoms with Gasteiger partial charge in [-0.15, -0.1) is 10.2 Å². The molecule has 0 atom stereocenters. The molecular formula is C25H29N5OS. The lowest BCUT2D eigenvalue weighted by Crippen LogP contribution is -2.21. The van der Waals surface area contributed by atoms with Crippen LogP contribution in [0, 0.1) is 0 Å². The number of carbonyl (C=O) groups excluding carboxylic acids is 1. The minimum atomic E-state index is -0.106. The van der Waals surface area contributed by atoms with Gasteiger partial charge in [-0.1, -0.05) is 32.0 Å². The van der Waals surface area contributed by atoms with E-state index in [1.54, 1.807) is 19.0 Å². The van der Waals surface area contributed by atoms with Crippen molar-refractivity contribution in [2.75, 3.05) is 19.8 Å². The van der Waals surface area contributed by atoms with Gasteiger partial charge in [-0.3, -0.25) is 9.78 Å². The monoisotopic (exact) mass is 447 g/mol. The van der Waals surface area contributed by atoms with Crippen LogP contribution in [0.25, 0.3) is 11.1 Å². The van der Waals surface area contributed by atoms with Crippen molar-refractivity contribution in [3.63, 3.8) is 0 Å². The van der Waals surface area contributed by atoms with Gasteiger partial charge >= 0.3 is 0 Å². The zero-order valence-electron chi connectivity index (χ0n) is 19.1. The van der Waals surface area contributed by atoms with Crippen LogP contribution in [-0.4, -0.2) is 55.2 Å². The molecule has 1 saturated carbocycles. The Morgan fingerprint density at radius 2 is 1.75 bits per heavy atom. The summed E-state index contributed by atoms with van der Waals surface area (Å²) in [6, 6.07) is 12.0. The number of carbonyl (C=O) groups is 1. The molecule has 0 radical (unpaired) electrons. The van der Waals surface area contributed by atoms with Gasteiger partial charge in [0.05, 0.1) is 11.1 Å². The number of benzene rings is 1. The molecule has 1 aliphatic carbocycles. The summed E-state index contributed by atoms with van der Waals surface area (Å²) < 4.78 is 2.55. The summed E-state index contributed by atoms with van der Waals surface area (Å²) in [6.45, 7) is 5.54. The molecule has 1 fully saturated rings. The van der Waals surface area contributed by atoms with E-state index in [0.29, 0.717) is 5.56 Å². The third-order valence-electron chi connectivity index (χ3n) is 6.52. The molecule has 0 bridgehead atoms. The Kier molecular flexibility index (Phi) is 5.12. The molecule has 1 aliphatic heterocycles. The Bertz CT molecular complexity index is 1140. The highest BCUT2D eigenvalue weighted by atomic mass is 32.2. The number of fused-ring (bicyclic) bond motifs is 1. The third-order valence-corrected chi connectivity index (χ3v) is 7.83. The van der Waals surface area contributed by atoms with Crippen LogP contribution in [-0.2, 0) is 18.4 Å². The summed E-state index contributed by atoms with van der Waals surface area (Å²) in [5.41, 5.74) is 3.76. The first-order valence-corrected chi connectivity index (χ1v) is 12.1. The summed E-state index contributed by atoms with van der Waals surface area (Å²) in [4.78, 5) is 18.6. The fourth-order valence-corrected chi connectivity index (χ4v) is 5.59. The van der Waals surface area contributed by atoms with Crippen LogP contribution in [0.15, 0.2) is 42.6 Å². The largest absolute Gasteiger partial charge is 0.345 e. The summed E-state index contributed by atoms with van der Waals surface area (Å²) in [5.74, 6) is 3.28. The number of rotatable bonds is 4. The number of nitrogens with zero attached hydrogens (tertiary/aromatic N) is 5. The van der Waals surface area contributed by atoms with Gasteiger partial charge in [0, 0.05) is 54.9 Å². The van der Waals surface area contributed by atoms with Crippen molar-refractivity contribution < 1.29 is 4.79 Å². The maximum Gasteiger partial charge on any atom is 0.253 e. The van der Waals surface area contributed by atoms with Crippen molar-refractivity contribution >= 4 is 17.7 Å². The van der Waals surface area contributed by atoms with Crippen LogP contribution in [0.2, 0.25) is 0 Å². The fraction of sp³-hybridized carbons (Fsp3) is 0.440. The van der Waals surface area contributed by atoms with Crippen LogP contribution in [0.4, 0.5) is 0 Å². The van der Waals surface area contributed by atoms with Gasteiger partial charge in [0.1, 0.15) is 11.6 Å². The fourth-order valence-electron chi connectivity index (χ4n) is 4.53. The summed E-state index contributed by atoms with van der Waals surface area (Å²) >= 11 is 2.01. The Morgan fingerprint density at radius 3 is 2.38 bits per heavy atom. The standard InChI is InChI=1S/C25H29N5OS/c1-24(2)15-21-27-28-23(30(21)13-14-32-24)25(11-12-25)20-10-9-19(16-26-20)17-5-7-18(8-6-17)22(31)29(3)4/h5-10,16H,11-15H2,1-4H3. The molecule has 7 heteroatoms. The van der Waals surface area contributed by atoms with Gasteiger partial charge in [0.25, 0.3) is 5.91 Å². The maximum absolute atomic E-state index is 12.1. The topological polar surface area (TPSA) is 63.9 Å². The Morgan fingerprint density at radius 1 is 1.03 bits per heavy atom. The molecular weight excluding hydrogens is 418 g/mol. The lowest BCUT2D eigenvalue weighted by atomic mass is 9.98. The molecule has 6 nitrogen and oxygen atoms in total. The molecule has 3 heterocycles. The van der Waals surface area contributed by atoms with E-state index >= 15 is 0 Å². The average Bonchev–Trinajstić information content (AvgIpc) is 3.52. The first-order valence-electron chi connectivity index (χ1n) is 11.1. The van der Waals surface area contributed by atoms with Crippen LogP contribution >= 0.6 is 11.8 Å². The highest BCUT2D eigenvalue weighted by molar-refractivity contribution is 8.00. The molecule has 5 rings (SSSR count). The molecule has 0 unspecified atom stereocenters. The van der Waals surface area contributed by atoms with Crippen LogP contribution in [0.1, 0.15) is 54.4 Å². The van der Waals surface area contributed by atoms with Crippen molar-refractivity contribution in [1.29, 1.82) is 0 Å². The Balaban J connectivity index is 1.40. The number of hydrogen-bond acceptors (Lipinski definition) is 5. The summed E-state index contributed by atoms with van der Waals surface area (Å²) in [6.07, 6.45) is 5.01. The van der Waals surface area contributed by atoms with Crippen molar-refractivity contribution in [3.05, 3.63) is 65.5 Å². The number of hydrogen-bond donors (Lipinski definition) is 0. The van der Waals surface area contributed by atoms with Crippen molar-refractivity contribution in [2.45, 2.75) is 49.8 Å². The van der Waals surface area contributed by atoms with E-state index < -0.39 is 0 Å². The first-order chi connectivity index (χ1) is 15.3. The van der Waals surface area contributed by atoms with E-state index in [2.05, 4.69) is 40.7 Å².